The van der Waals surface area contributed by atoms with Crippen molar-refractivity contribution in [1.82, 2.24) is 9.88 Å². The molecule has 4 heteroatoms. The van der Waals surface area contributed by atoms with Gasteiger partial charge in [0.25, 0.3) is 0 Å². The van der Waals surface area contributed by atoms with Crippen LogP contribution in [-0.2, 0) is 4.79 Å². The fourth-order valence-electron chi connectivity index (χ4n) is 2.03. The van der Waals surface area contributed by atoms with E-state index in [0.717, 1.165) is 31.5 Å². The monoisotopic (exact) mass is 234 g/mol. The average molecular weight is 234 g/mol. The van der Waals surface area contributed by atoms with E-state index in [-0.39, 0.29) is 12.0 Å². The van der Waals surface area contributed by atoms with Gasteiger partial charge in [-0.15, -0.1) is 0 Å². The molecule has 0 atom stereocenters. The van der Waals surface area contributed by atoms with E-state index in [4.69, 9.17) is 4.74 Å². The highest BCUT2D eigenvalue weighted by atomic mass is 16.5. The van der Waals surface area contributed by atoms with Gasteiger partial charge in [-0.2, -0.15) is 0 Å². The number of carbonyl (C=O) groups is 1. The summed E-state index contributed by atoms with van der Waals surface area (Å²) in [6.07, 6.45) is 3.71. The van der Waals surface area contributed by atoms with E-state index in [1.54, 1.807) is 13.1 Å². The molecule has 1 aliphatic rings. The fourth-order valence-corrected chi connectivity index (χ4v) is 2.03. The molecule has 0 unspecified atom stereocenters. The van der Waals surface area contributed by atoms with Crippen LogP contribution in [0.3, 0.4) is 0 Å². The zero-order valence-electron chi connectivity index (χ0n) is 10.3. The summed E-state index contributed by atoms with van der Waals surface area (Å²) in [6, 6.07) is 3.89. The van der Waals surface area contributed by atoms with E-state index in [2.05, 4.69) is 4.98 Å². The largest absolute Gasteiger partial charge is 0.474 e. The number of hydrogen-bond donors (Lipinski definition) is 0. The van der Waals surface area contributed by atoms with Crippen LogP contribution in [0.2, 0.25) is 0 Å². The molecule has 1 amide bonds. The van der Waals surface area contributed by atoms with Crippen molar-refractivity contribution in [3.63, 3.8) is 0 Å². The number of pyridine rings is 1. The first-order chi connectivity index (χ1) is 8.15. The van der Waals surface area contributed by atoms with Crippen molar-refractivity contribution in [2.45, 2.75) is 32.8 Å². The van der Waals surface area contributed by atoms with Gasteiger partial charge in [-0.3, -0.25) is 4.79 Å². The third-order valence-corrected chi connectivity index (χ3v) is 3.07. The third kappa shape index (κ3) is 3.19. The van der Waals surface area contributed by atoms with Crippen molar-refractivity contribution < 1.29 is 9.53 Å². The van der Waals surface area contributed by atoms with Crippen molar-refractivity contribution in [2.24, 2.45) is 0 Å². The lowest BCUT2D eigenvalue weighted by Gasteiger charge is -2.31. The maximum Gasteiger partial charge on any atom is 0.219 e. The van der Waals surface area contributed by atoms with Crippen LogP contribution in [0.4, 0.5) is 0 Å². The number of hydrogen-bond acceptors (Lipinski definition) is 3. The van der Waals surface area contributed by atoms with Crippen molar-refractivity contribution in [1.29, 1.82) is 0 Å². The lowest BCUT2D eigenvalue weighted by Crippen LogP contribution is -2.40. The summed E-state index contributed by atoms with van der Waals surface area (Å²) in [6.45, 7) is 5.20. The van der Waals surface area contributed by atoms with E-state index < -0.39 is 0 Å². The molecule has 0 radical (unpaired) electrons. The van der Waals surface area contributed by atoms with Gasteiger partial charge in [0.15, 0.2) is 0 Å². The van der Waals surface area contributed by atoms with Crippen molar-refractivity contribution in [2.75, 3.05) is 13.1 Å². The van der Waals surface area contributed by atoms with Gasteiger partial charge in [0.05, 0.1) is 0 Å². The van der Waals surface area contributed by atoms with E-state index in [1.165, 1.54) is 0 Å². The SMILES string of the molecule is CC(=O)N1CCC(Oc2cc(C)ccn2)CC1. The summed E-state index contributed by atoms with van der Waals surface area (Å²) in [5, 5.41) is 0. The zero-order chi connectivity index (χ0) is 12.3. The molecule has 0 bridgehead atoms. The Kier molecular flexibility index (Phi) is 3.61. The highest BCUT2D eigenvalue weighted by Crippen LogP contribution is 2.17. The number of rotatable bonds is 2. The maximum absolute atomic E-state index is 11.2. The Balaban J connectivity index is 1.88. The quantitative estimate of drug-likeness (QED) is 0.783. The van der Waals surface area contributed by atoms with Crippen LogP contribution in [0.15, 0.2) is 18.3 Å². The van der Waals surface area contributed by atoms with E-state index >= 15 is 0 Å². The third-order valence-electron chi connectivity index (χ3n) is 3.07. The number of carbonyl (C=O) groups excluding carboxylic acids is 1. The lowest BCUT2D eigenvalue weighted by atomic mass is 10.1. The second-order valence-electron chi connectivity index (χ2n) is 4.49. The van der Waals surface area contributed by atoms with Gasteiger partial charge in [-0.1, -0.05) is 0 Å². The molecule has 0 N–H and O–H groups in total. The van der Waals surface area contributed by atoms with Gasteiger partial charge < -0.3 is 9.64 Å². The lowest BCUT2D eigenvalue weighted by molar-refractivity contribution is -0.130. The van der Waals surface area contributed by atoms with Gasteiger partial charge >= 0.3 is 0 Å². The number of likely N-dealkylation sites (tertiary alicyclic amines) is 1. The second kappa shape index (κ2) is 5.17. The zero-order valence-corrected chi connectivity index (χ0v) is 10.3. The summed E-state index contributed by atoms with van der Waals surface area (Å²) in [7, 11) is 0. The molecule has 4 nitrogen and oxygen atoms in total. The molecular formula is C13H18N2O2. The Hall–Kier alpha value is -1.58. The normalized spacial score (nSPS) is 16.9. The van der Waals surface area contributed by atoms with Gasteiger partial charge in [0, 0.05) is 45.1 Å². The highest BCUT2D eigenvalue weighted by molar-refractivity contribution is 5.73. The molecule has 1 fully saturated rings. The van der Waals surface area contributed by atoms with Crippen molar-refractivity contribution in [3.05, 3.63) is 23.9 Å². The number of piperidine rings is 1. The molecular weight excluding hydrogens is 216 g/mol. The van der Waals surface area contributed by atoms with Gasteiger partial charge in [-0.25, -0.2) is 4.98 Å². The molecule has 92 valence electrons. The number of nitrogens with zero attached hydrogens (tertiary/aromatic N) is 2. The number of ether oxygens (including phenoxy) is 1. The van der Waals surface area contributed by atoms with Crippen molar-refractivity contribution >= 4 is 5.91 Å². The first-order valence-electron chi connectivity index (χ1n) is 6.00. The van der Waals surface area contributed by atoms with Crippen LogP contribution >= 0.6 is 0 Å². The minimum absolute atomic E-state index is 0.150. The standard InChI is InChI=1S/C13H18N2O2/c1-10-3-6-14-13(9-10)17-12-4-7-15(8-5-12)11(2)16/h3,6,9,12H,4-5,7-8H2,1-2H3. The minimum atomic E-state index is 0.150. The Morgan fingerprint density at radius 1 is 1.47 bits per heavy atom. The van der Waals surface area contributed by atoms with E-state index in [9.17, 15) is 4.79 Å². The van der Waals surface area contributed by atoms with Crippen LogP contribution in [0, 0.1) is 6.92 Å². The Labute approximate surface area is 102 Å². The highest BCUT2D eigenvalue weighted by Gasteiger charge is 2.22. The Bertz CT molecular complexity index is 398. The summed E-state index contributed by atoms with van der Waals surface area (Å²) in [4.78, 5) is 17.2. The molecule has 0 aromatic carbocycles. The Morgan fingerprint density at radius 3 is 2.76 bits per heavy atom. The molecule has 1 aromatic rings. The van der Waals surface area contributed by atoms with Gasteiger partial charge in [0.1, 0.15) is 6.10 Å². The number of amides is 1. The molecule has 1 aromatic heterocycles. The topological polar surface area (TPSA) is 42.4 Å². The van der Waals surface area contributed by atoms with Crippen molar-refractivity contribution in [3.8, 4) is 5.88 Å². The fraction of sp³-hybridized carbons (Fsp3) is 0.538. The summed E-state index contributed by atoms with van der Waals surface area (Å²) < 4.78 is 5.82. The summed E-state index contributed by atoms with van der Waals surface area (Å²) in [5.41, 5.74) is 1.15. The van der Waals surface area contributed by atoms with Crippen LogP contribution in [0.25, 0.3) is 0 Å². The predicted octanol–water partition coefficient (Wildman–Crippen LogP) is 1.78. The molecule has 2 heterocycles. The molecule has 0 saturated carbocycles. The molecule has 1 saturated heterocycles. The predicted molar refractivity (Wildman–Crippen MR) is 64.9 cm³/mol. The van der Waals surface area contributed by atoms with E-state index in [1.807, 2.05) is 24.0 Å². The second-order valence-corrected chi connectivity index (χ2v) is 4.49. The van der Waals surface area contributed by atoms with Crippen LogP contribution in [0.5, 0.6) is 5.88 Å². The van der Waals surface area contributed by atoms with E-state index in [0.29, 0.717) is 5.88 Å². The first-order valence-corrected chi connectivity index (χ1v) is 6.00. The average Bonchev–Trinajstić information content (AvgIpc) is 2.29. The van der Waals surface area contributed by atoms with Crippen LogP contribution < -0.4 is 4.74 Å². The minimum Gasteiger partial charge on any atom is -0.474 e. The molecule has 2 rings (SSSR count). The maximum atomic E-state index is 11.2. The molecule has 1 aliphatic heterocycles. The first kappa shape index (κ1) is 11.9. The molecule has 0 aliphatic carbocycles. The summed E-state index contributed by atoms with van der Waals surface area (Å²) in [5.74, 6) is 0.836. The molecule has 0 spiro atoms. The number of aryl methyl sites for hydroxylation is 1. The Morgan fingerprint density at radius 2 is 2.18 bits per heavy atom. The van der Waals surface area contributed by atoms with Crippen LogP contribution in [-0.4, -0.2) is 35.0 Å². The van der Waals surface area contributed by atoms with Gasteiger partial charge in [-0.05, 0) is 18.6 Å². The van der Waals surface area contributed by atoms with Crippen LogP contribution in [0.1, 0.15) is 25.3 Å². The number of aromatic nitrogens is 1. The smallest absolute Gasteiger partial charge is 0.219 e. The van der Waals surface area contributed by atoms with Gasteiger partial charge in [0.2, 0.25) is 11.8 Å². The molecule has 17 heavy (non-hydrogen) atoms. The summed E-state index contributed by atoms with van der Waals surface area (Å²) >= 11 is 0.